The summed E-state index contributed by atoms with van der Waals surface area (Å²) in [6, 6.07) is 0.624. The van der Waals surface area contributed by atoms with Crippen LogP contribution in [0.3, 0.4) is 0 Å². The molecule has 0 aromatic carbocycles. The van der Waals surface area contributed by atoms with Gasteiger partial charge in [-0.1, -0.05) is 0 Å². The van der Waals surface area contributed by atoms with Crippen molar-refractivity contribution in [3.05, 3.63) is 17.7 Å². The Balaban J connectivity index is 1.79. The Morgan fingerprint density at radius 2 is 2.20 bits per heavy atom. The van der Waals surface area contributed by atoms with Gasteiger partial charge in [-0.05, 0) is 46.1 Å². The van der Waals surface area contributed by atoms with E-state index >= 15 is 0 Å². The first kappa shape index (κ1) is 14.1. The fraction of sp³-hybridized carbons (Fsp3) is 0.812. The SMILES string of the molecule is CC(C)N1CCCC(c2ncc3n2CC(CO)CC3)C1. The summed E-state index contributed by atoms with van der Waals surface area (Å²) < 4.78 is 2.40. The first-order valence-electron chi connectivity index (χ1n) is 8.08. The predicted octanol–water partition coefficient (Wildman–Crippen LogP) is 2.03. The highest BCUT2D eigenvalue weighted by Gasteiger charge is 2.29. The third kappa shape index (κ3) is 2.63. The summed E-state index contributed by atoms with van der Waals surface area (Å²) in [5, 5.41) is 9.43. The van der Waals surface area contributed by atoms with Gasteiger partial charge in [0.2, 0.25) is 0 Å². The molecule has 3 rings (SSSR count). The molecule has 0 radical (unpaired) electrons. The second-order valence-corrected chi connectivity index (χ2v) is 6.73. The lowest BCUT2D eigenvalue weighted by atomic mass is 9.94. The number of fused-ring (bicyclic) bond motifs is 1. The van der Waals surface area contributed by atoms with Gasteiger partial charge in [0.25, 0.3) is 0 Å². The fourth-order valence-corrected chi connectivity index (χ4v) is 3.70. The maximum absolute atomic E-state index is 9.43. The number of piperidine rings is 1. The minimum absolute atomic E-state index is 0.305. The Bertz CT molecular complexity index is 455. The predicted molar refractivity (Wildman–Crippen MR) is 79.8 cm³/mol. The van der Waals surface area contributed by atoms with E-state index in [-0.39, 0.29) is 0 Å². The zero-order valence-corrected chi connectivity index (χ0v) is 12.8. The molecule has 1 aromatic rings. The third-order valence-electron chi connectivity index (χ3n) is 5.03. The van der Waals surface area contributed by atoms with Crippen LogP contribution in [0.1, 0.15) is 50.5 Å². The lowest BCUT2D eigenvalue weighted by Crippen LogP contribution is -2.40. The second-order valence-electron chi connectivity index (χ2n) is 6.73. The molecule has 0 spiro atoms. The molecule has 0 saturated carbocycles. The van der Waals surface area contributed by atoms with Gasteiger partial charge < -0.3 is 14.6 Å². The Labute approximate surface area is 121 Å². The maximum Gasteiger partial charge on any atom is 0.113 e. The number of aryl methyl sites for hydroxylation is 1. The van der Waals surface area contributed by atoms with E-state index in [2.05, 4.69) is 29.5 Å². The number of nitrogens with zero attached hydrogens (tertiary/aromatic N) is 3. The Kier molecular flexibility index (Phi) is 4.13. The van der Waals surface area contributed by atoms with Gasteiger partial charge in [-0.15, -0.1) is 0 Å². The number of hydrogen-bond acceptors (Lipinski definition) is 3. The average Bonchev–Trinajstić information content (AvgIpc) is 2.90. The van der Waals surface area contributed by atoms with Crippen LogP contribution >= 0.6 is 0 Å². The summed E-state index contributed by atoms with van der Waals surface area (Å²) in [6.07, 6.45) is 6.76. The third-order valence-corrected chi connectivity index (χ3v) is 5.03. The monoisotopic (exact) mass is 277 g/mol. The smallest absolute Gasteiger partial charge is 0.113 e. The number of hydrogen-bond donors (Lipinski definition) is 1. The molecule has 0 aliphatic carbocycles. The lowest BCUT2D eigenvalue weighted by Gasteiger charge is -2.36. The van der Waals surface area contributed by atoms with Crippen LogP contribution in [-0.4, -0.2) is 45.3 Å². The molecule has 1 aromatic heterocycles. The van der Waals surface area contributed by atoms with Crippen molar-refractivity contribution in [2.45, 2.75) is 58.0 Å². The van der Waals surface area contributed by atoms with Crippen LogP contribution in [0, 0.1) is 5.92 Å². The van der Waals surface area contributed by atoms with E-state index < -0.39 is 0 Å². The molecule has 20 heavy (non-hydrogen) atoms. The summed E-state index contributed by atoms with van der Waals surface area (Å²) in [5.41, 5.74) is 1.37. The molecule has 1 fully saturated rings. The standard InChI is InChI=1S/C16H27N3O/c1-12(2)18-7-3-4-14(10-18)16-17-8-15-6-5-13(11-20)9-19(15)16/h8,12-14,20H,3-7,9-11H2,1-2H3. The average molecular weight is 277 g/mol. The van der Waals surface area contributed by atoms with Gasteiger partial charge >= 0.3 is 0 Å². The van der Waals surface area contributed by atoms with Crippen molar-refractivity contribution in [3.8, 4) is 0 Å². The van der Waals surface area contributed by atoms with Gasteiger partial charge in [0, 0.05) is 49.5 Å². The molecule has 112 valence electrons. The van der Waals surface area contributed by atoms with Gasteiger partial charge in [-0.25, -0.2) is 4.98 Å². The van der Waals surface area contributed by atoms with E-state index in [1.165, 1.54) is 30.9 Å². The normalized spacial score (nSPS) is 27.8. The molecule has 1 saturated heterocycles. The number of aromatic nitrogens is 2. The first-order chi connectivity index (χ1) is 9.69. The zero-order chi connectivity index (χ0) is 14.1. The highest BCUT2D eigenvalue weighted by atomic mass is 16.3. The van der Waals surface area contributed by atoms with Crippen LogP contribution in [0.15, 0.2) is 6.20 Å². The highest BCUT2D eigenvalue weighted by molar-refractivity contribution is 5.13. The van der Waals surface area contributed by atoms with Crippen molar-refractivity contribution in [2.24, 2.45) is 5.92 Å². The van der Waals surface area contributed by atoms with Crippen LogP contribution in [0.5, 0.6) is 0 Å². The van der Waals surface area contributed by atoms with Crippen LogP contribution in [0.25, 0.3) is 0 Å². The highest BCUT2D eigenvalue weighted by Crippen LogP contribution is 2.30. The molecule has 0 amide bonds. The molecule has 4 heteroatoms. The topological polar surface area (TPSA) is 41.3 Å². The molecule has 2 aliphatic rings. The number of aliphatic hydroxyl groups excluding tert-OH is 1. The van der Waals surface area contributed by atoms with E-state index in [9.17, 15) is 5.11 Å². The van der Waals surface area contributed by atoms with Crippen molar-refractivity contribution in [3.63, 3.8) is 0 Å². The summed E-state index contributed by atoms with van der Waals surface area (Å²) >= 11 is 0. The number of likely N-dealkylation sites (tertiary alicyclic amines) is 1. The summed E-state index contributed by atoms with van der Waals surface area (Å²) in [7, 11) is 0. The van der Waals surface area contributed by atoms with Crippen molar-refractivity contribution in [1.82, 2.24) is 14.5 Å². The molecule has 2 aliphatic heterocycles. The van der Waals surface area contributed by atoms with Gasteiger partial charge in [0.15, 0.2) is 0 Å². The Morgan fingerprint density at radius 3 is 2.95 bits per heavy atom. The van der Waals surface area contributed by atoms with Crippen molar-refractivity contribution >= 4 is 0 Å². The molecule has 3 heterocycles. The number of rotatable bonds is 3. The van der Waals surface area contributed by atoms with E-state index in [0.717, 1.165) is 25.9 Å². The quantitative estimate of drug-likeness (QED) is 0.919. The van der Waals surface area contributed by atoms with Crippen LogP contribution < -0.4 is 0 Å². The molecule has 4 nitrogen and oxygen atoms in total. The van der Waals surface area contributed by atoms with Crippen LogP contribution in [0.2, 0.25) is 0 Å². The van der Waals surface area contributed by atoms with Gasteiger partial charge in [-0.2, -0.15) is 0 Å². The summed E-state index contributed by atoms with van der Waals surface area (Å²) in [5.74, 6) is 2.25. The minimum Gasteiger partial charge on any atom is -0.396 e. The van der Waals surface area contributed by atoms with Gasteiger partial charge in [0.1, 0.15) is 5.82 Å². The number of aliphatic hydroxyl groups is 1. The summed E-state index contributed by atoms with van der Waals surface area (Å²) in [4.78, 5) is 7.31. The zero-order valence-electron chi connectivity index (χ0n) is 12.8. The van der Waals surface area contributed by atoms with Crippen molar-refractivity contribution < 1.29 is 5.11 Å². The van der Waals surface area contributed by atoms with Gasteiger partial charge in [0.05, 0.1) is 0 Å². The van der Waals surface area contributed by atoms with Crippen LogP contribution in [0.4, 0.5) is 0 Å². The largest absolute Gasteiger partial charge is 0.396 e. The lowest BCUT2D eigenvalue weighted by molar-refractivity contribution is 0.158. The molecule has 2 atom stereocenters. The van der Waals surface area contributed by atoms with E-state index in [0.29, 0.717) is 24.5 Å². The van der Waals surface area contributed by atoms with Gasteiger partial charge in [-0.3, -0.25) is 0 Å². The number of imidazole rings is 1. The molecule has 2 unspecified atom stereocenters. The molecule has 0 bridgehead atoms. The molecule has 1 N–H and O–H groups in total. The first-order valence-corrected chi connectivity index (χ1v) is 8.08. The van der Waals surface area contributed by atoms with Crippen molar-refractivity contribution in [1.29, 1.82) is 0 Å². The minimum atomic E-state index is 0.305. The Hall–Kier alpha value is -0.870. The van der Waals surface area contributed by atoms with Crippen LogP contribution in [-0.2, 0) is 13.0 Å². The van der Waals surface area contributed by atoms with E-state index in [4.69, 9.17) is 4.98 Å². The fourth-order valence-electron chi connectivity index (χ4n) is 3.70. The second kappa shape index (κ2) is 5.86. The maximum atomic E-state index is 9.43. The van der Waals surface area contributed by atoms with Crippen molar-refractivity contribution in [2.75, 3.05) is 19.7 Å². The summed E-state index contributed by atoms with van der Waals surface area (Å²) in [6.45, 7) is 8.19. The molecular formula is C16H27N3O. The van der Waals surface area contributed by atoms with E-state index in [1.807, 2.05) is 0 Å². The van der Waals surface area contributed by atoms with E-state index in [1.54, 1.807) is 0 Å². The Morgan fingerprint density at radius 1 is 1.35 bits per heavy atom. The molecular weight excluding hydrogens is 250 g/mol.